The van der Waals surface area contributed by atoms with Crippen molar-refractivity contribution in [3.8, 4) is 0 Å². The second-order valence-electron chi connectivity index (χ2n) is 5.56. The fraction of sp³-hybridized carbons (Fsp3) is 0.917. The van der Waals surface area contributed by atoms with Gasteiger partial charge in [-0.15, -0.1) is 0 Å². The SMILES string of the molecule is O=C(O)[C@H]1O[C@@H](O[C@@H]2[C@H](O)[C@@H](O)[C@@H](O)O[C@@H]2CO)[C@H](O)[C@@H](O)[C@@H]1O. The van der Waals surface area contributed by atoms with Gasteiger partial charge in [-0.3, -0.25) is 0 Å². The molecule has 0 aliphatic carbocycles. The van der Waals surface area contributed by atoms with E-state index >= 15 is 0 Å². The zero-order valence-corrected chi connectivity index (χ0v) is 12.2. The molecule has 10 atom stereocenters. The van der Waals surface area contributed by atoms with Gasteiger partial charge in [-0.1, -0.05) is 0 Å². The van der Waals surface area contributed by atoms with E-state index in [4.69, 9.17) is 19.3 Å². The van der Waals surface area contributed by atoms with Crippen LogP contribution in [0.3, 0.4) is 0 Å². The molecule has 2 heterocycles. The second kappa shape index (κ2) is 7.53. The number of ether oxygens (including phenoxy) is 3. The molecule has 8 N–H and O–H groups in total. The maximum Gasteiger partial charge on any atom is 0.335 e. The zero-order chi connectivity index (χ0) is 18.2. The van der Waals surface area contributed by atoms with Crippen LogP contribution < -0.4 is 0 Å². The molecule has 0 aromatic heterocycles. The van der Waals surface area contributed by atoms with E-state index in [0.29, 0.717) is 0 Å². The lowest BCUT2D eigenvalue weighted by molar-refractivity contribution is -0.351. The van der Waals surface area contributed by atoms with Gasteiger partial charge in [0.05, 0.1) is 6.61 Å². The number of rotatable bonds is 4. The molecular formula is C12H20O12. The van der Waals surface area contributed by atoms with Crippen LogP contribution in [0.25, 0.3) is 0 Å². The van der Waals surface area contributed by atoms with Crippen molar-refractivity contribution in [2.24, 2.45) is 0 Å². The number of carboxylic acid groups (broad SMARTS) is 1. The lowest BCUT2D eigenvalue weighted by atomic mass is 9.97. The summed E-state index contributed by atoms with van der Waals surface area (Å²) in [5.74, 6) is -1.63. The largest absolute Gasteiger partial charge is 0.479 e. The zero-order valence-electron chi connectivity index (χ0n) is 12.2. The van der Waals surface area contributed by atoms with E-state index in [2.05, 4.69) is 0 Å². The van der Waals surface area contributed by atoms with E-state index < -0.39 is 74.0 Å². The summed E-state index contributed by atoms with van der Waals surface area (Å²) < 4.78 is 14.9. The predicted octanol–water partition coefficient (Wildman–Crippen LogP) is -5.30. The molecule has 2 rings (SSSR count). The summed E-state index contributed by atoms with van der Waals surface area (Å²) >= 11 is 0. The Morgan fingerprint density at radius 1 is 0.875 bits per heavy atom. The first-order valence-electron chi connectivity index (χ1n) is 7.07. The number of aliphatic hydroxyl groups excluding tert-OH is 7. The highest BCUT2D eigenvalue weighted by Gasteiger charge is 2.51. The Labute approximate surface area is 135 Å². The van der Waals surface area contributed by atoms with Gasteiger partial charge in [0.25, 0.3) is 0 Å². The fourth-order valence-electron chi connectivity index (χ4n) is 2.55. The van der Waals surface area contributed by atoms with Crippen molar-refractivity contribution >= 4 is 5.97 Å². The van der Waals surface area contributed by atoms with Gasteiger partial charge in [-0.2, -0.15) is 0 Å². The summed E-state index contributed by atoms with van der Waals surface area (Å²) in [6.07, 6.45) is -17.7. The lowest BCUT2D eigenvalue weighted by Crippen LogP contribution is -2.64. The molecule has 0 bridgehead atoms. The molecule has 0 amide bonds. The van der Waals surface area contributed by atoms with Gasteiger partial charge >= 0.3 is 5.97 Å². The normalized spacial score (nSPS) is 49.8. The molecule has 2 aliphatic rings. The van der Waals surface area contributed by atoms with Crippen LogP contribution in [0, 0.1) is 0 Å². The minimum atomic E-state index is -1.93. The predicted molar refractivity (Wildman–Crippen MR) is 69.2 cm³/mol. The van der Waals surface area contributed by atoms with Crippen LogP contribution in [0.1, 0.15) is 0 Å². The number of hydrogen-bond acceptors (Lipinski definition) is 11. The molecule has 0 spiro atoms. The summed E-state index contributed by atoms with van der Waals surface area (Å²) in [6.45, 7) is -0.748. The molecule has 0 radical (unpaired) electrons. The van der Waals surface area contributed by atoms with Gasteiger partial charge in [-0.05, 0) is 0 Å². The molecule has 2 saturated heterocycles. The van der Waals surface area contributed by atoms with Crippen LogP contribution >= 0.6 is 0 Å². The van der Waals surface area contributed by atoms with Crippen LogP contribution in [0.4, 0.5) is 0 Å². The average molecular weight is 356 g/mol. The quantitative estimate of drug-likeness (QED) is 0.238. The Balaban J connectivity index is 2.16. The Kier molecular flexibility index (Phi) is 6.09. The summed E-state index contributed by atoms with van der Waals surface area (Å²) in [7, 11) is 0. The molecule has 0 aromatic rings. The topological polar surface area (TPSA) is 207 Å². The second-order valence-corrected chi connectivity index (χ2v) is 5.56. The minimum Gasteiger partial charge on any atom is -0.479 e. The van der Waals surface area contributed by atoms with E-state index in [1.54, 1.807) is 0 Å². The van der Waals surface area contributed by atoms with Crippen LogP contribution in [0.5, 0.6) is 0 Å². The standard InChI is InChI=1S/C12H20O12/c13-1-2-8(5(16)6(17)11(21)22-2)23-12-7(18)3(14)4(15)9(24-12)10(19)20/h2-9,11-18,21H,1H2,(H,19,20)/t2-,3+,4+,5-,6-,7-,8+,9+,11+,12-/m1/s1. The van der Waals surface area contributed by atoms with Crippen LogP contribution in [-0.4, -0.2) is 115 Å². The summed E-state index contributed by atoms with van der Waals surface area (Å²) in [5, 5.41) is 76.2. The van der Waals surface area contributed by atoms with Gasteiger partial charge in [0.15, 0.2) is 18.7 Å². The fourth-order valence-corrected chi connectivity index (χ4v) is 2.55. The smallest absolute Gasteiger partial charge is 0.335 e. The highest BCUT2D eigenvalue weighted by Crippen LogP contribution is 2.28. The third-order valence-electron chi connectivity index (χ3n) is 3.94. The number of hydrogen-bond donors (Lipinski definition) is 8. The van der Waals surface area contributed by atoms with Crippen molar-refractivity contribution in [3.63, 3.8) is 0 Å². The first-order valence-corrected chi connectivity index (χ1v) is 7.07. The Morgan fingerprint density at radius 3 is 2.04 bits per heavy atom. The molecule has 140 valence electrons. The summed E-state index contributed by atoms with van der Waals surface area (Å²) in [5.41, 5.74) is 0. The van der Waals surface area contributed by atoms with Gasteiger partial charge in [-0.25, -0.2) is 4.79 Å². The summed E-state index contributed by atoms with van der Waals surface area (Å²) in [6, 6.07) is 0. The molecule has 2 fully saturated rings. The van der Waals surface area contributed by atoms with Crippen molar-refractivity contribution in [1.29, 1.82) is 0 Å². The lowest BCUT2D eigenvalue weighted by Gasteiger charge is -2.44. The van der Waals surface area contributed by atoms with E-state index in [1.165, 1.54) is 0 Å². The highest BCUT2D eigenvalue weighted by atomic mass is 16.7. The van der Waals surface area contributed by atoms with E-state index in [9.17, 15) is 40.5 Å². The monoisotopic (exact) mass is 356 g/mol. The van der Waals surface area contributed by atoms with Gasteiger partial charge in [0, 0.05) is 0 Å². The maximum atomic E-state index is 11.0. The van der Waals surface area contributed by atoms with Gasteiger partial charge in [0.1, 0.15) is 42.7 Å². The third-order valence-corrected chi connectivity index (χ3v) is 3.94. The van der Waals surface area contributed by atoms with Crippen LogP contribution in [0.15, 0.2) is 0 Å². The van der Waals surface area contributed by atoms with Crippen molar-refractivity contribution in [2.45, 2.75) is 61.4 Å². The van der Waals surface area contributed by atoms with E-state index in [0.717, 1.165) is 0 Å². The molecule has 0 aromatic carbocycles. The maximum absolute atomic E-state index is 11.0. The molecular weight excluding hydrogens is 336 g/mol. The molecule has 12 nitrogen and oxygen atoms in total. The first kappa shape index (κ1) is 19.4. The Morgan fingerprint density at radius 2 is 1.50 bits per heavy atom. The minimum absolute atomic E-state index is 0.748. The highest BCUT2D eigenvalue weighted by molar-refractivity contribution is 5.73. The van der Waals surface area contributed by atoms with Gasteiger partial charge < -0.3 is 55.1 Å². The molecule has 0 unspecified atom stereocenters. The number of carboxylic acids is 1. The van der Waals surface area contributed by atoms with Crippen molar-refractivity contribution in [1.82, 2.24) is 0 Å². The molecule has 0 saturated carbocycles. The first-order chi connectivity index (χ1) is 11.2. The molecule has 2 aliphatic heterocycles. The van der Waals surface area contributed by atoms with Crippen molar-refractivity contribution < 1.29 is 59.9 Å². The number of aliphatic hydroxyl groups is 7. The van der Waals surface area contributed by atoms with Crippen molar-refractivity contribution in [3.05, 3.63) is 0 Å². The van der Waals surface area contributed by atoms with E-state index in [1.807, 2.05) is 0 Å². The number of aliphatic carboxylic acids is 1. The average Bonchev–Trinajstić information content (AvgIpc) is 2.54. The van der Waals surface area contributed by atoms with Gasteiger partial charge in [0.2, 0.25) is 0 Å². The van der Waals surface area contributed by atoms with Crippen molar-refractivity contribution in [2.75, 3.05) is 6.61 Å². The van der Waals surface area contributed by atoms with Crippen LogP contribution in [-0.2, 0) is 19.0 Å². The summed E-state index contributed by atoms with van der Waals surface area (Å²) in [4.78, 5) is 11.0. The Hall–Kier alpha value is -0.930. The third kappa shape index (κ3) is 3.52. The Bertz CT molecular complexity index is 444. The number of carbonyl (C=O) groups is 1. The van der Waals surface area contributed by atoms with E-state index in [-0.39, 0.29) is 0 Å². The van der Waals surface area contributed by atoms with Crippen LogP contribution in [0.2, 0.25) is 0 Å². The molecule has 12 heteroatoms. The molecule has 24 heavy (non-hydrogen) atoms.